The zero-order chi connectivity index (χ0) is 18.2. The second kappa shape index (κ2) is 8.84. The lowest BCUT2D eigenvalue weighted by Crippen LogP contribution is -2.35. The van der Waals surface area contributed by atoms with E-state index >= 15 is 0 Å². The van der Waals surface area contributed by atoms with Gasteiger partial charge in [0.2, 0.25) is 0 Å². The Bertz CT molecular complexity index is 765. The highest BCUT2D eigenvalue weighted by atomic mass is 35.5. The van der Waals surface area contributed by atoms with Crippen LogP contribution in [0.4, 0.5) is 5.69 Å². The molecule has 0 aromatic heterocycles. The third kappa shape index (κ3) is 5.61. The molecule has 130 valence electrons. The zero-order valence-corrected chi connectivity index (χ0v) is 14.2. The highest BCUT2D eigenvalue weighted by molar-refractivity contribution is 6.33. The number of esters is 1. The summed E-state index contributed by atoms with van der Waals surface area (Å²) >= 11 is 5.95. The average molecular weight is 361 g/mol. The number of nitrogens with one attached hydrogen (secondary N) is 2. The van der Waals surface area contributed by atoms with Gasteiger partial charge in [0.05, 0.1) is 10.7 Å². The summed E-state index contributed by atoms with van der Waals surface area (Å²) in [5.74, 6) is -1.63. The second-order valence-corrected chi connectivity index (χ2v) is 5.56. The molecule has 0 saturated carbocycles. The molecule has 0 aliphatic heterocycles. The van der Waals surface area contributed by atoms with Crippen molar-refractivity contribution in [2.75, 3.05) is 11.9 Å². The van der Waals surface area contributed by atoms with E-state index in [4.69, 9.17) is 16.3 Å². The molecule has 6 nitrogen and oxygen atoms in total. The van der Waals surface area contributed by atoms with Crippen LogP contribution in [0, 0.1) is 0 Å². The van der Waals surface area contributed by atoms with Crippen LogP contribution in [0.3, 0.4) is 0 Å². The minimum Gasteiger partial charge on any atom is -0.451 e. The number of rotatable bonds is 6. The van der Waals surface area contributed by atoms with Crippen LogP contribution in [0.5, 0.6) is 0 Å². The van der Waals surface area contributed by atoms with Gasteiger partial charge in [0.25, 0.3) is 11.8 Å². The molecule has 2 aromatic rings. The Hall–Kier alpha value is -2.86. The van der Waals surface area contributed by atoms with Crippen molar-refractivity contribution in [3.8, 4) is 0 Å². The lowest BCUT2D eigenvalue weighted by Gasteiger charge is -2.14. The van der Waals surface area contributed by atoms with Crippen LogP contribution < -0.4 is 10.6 Å². The Morgan fingerprint density at radius 2 is 1.68 bits per heavy atom. The van der Waals surface area contributed by atoms with Gasteiger partial charge in [-0.05, 0) is 31.2 Å². The fraction of sp³-hybridized carbons (Fsp3) is 0.167. The minimum atomic E-state index is -1.03. The summed E-state index contributed by atoms with van der Waals surface area (Å²) in [5.41, 5.74) is 0.856. The maximum atomic E-state index is 12.0. The highest BCUT2D eigenvalue weighted by Crippen LogP contribution is 2.20. The van der Waals surface area contributed by atoms with Crippen molar-refractivity contribution in [2.24, 2.45) is 0 Å². The highest BCUT2D eigenvalue weighted by Gasteiger charge is 2.19. The summed E-state index contributed by atoms with van der Waals surface area (Å²) in [5, 5.41) is 5.39. The van der Waals surface area contributed by atoms with Crippen molar-refractivity contribution < 1.29 is 19.1 Å². The number of carbonyl (C=O) groups is 3. The first-order valence-electron chi connectivity index (χ1n) is 7.55. The summed E-state index contributed by atoms with van der Waals surface area (Å²) in [6.45, 7) is 1.10. The summed E-state index contributed by atoms with van der Waals surface area (Å²) < 4.78 is 5.00. The van der Waals surface area contributed by atoms with E-state index in [1.165, 1.54) is 6.92 Å². The van der Waals surface area contributed by atoms with Gasteiger partial charge in [-0.15, -0.1) is 0 Å². The normalized spacial score (nSPS) is 11.3. The van der Waals surface area contributed by atoms with Gasteiger partial charge in [-0.2, -0.15) is 0 Å². The lowest BCUT2D eigenvalue weighted by atomic mass is 10.2. The number of hydrogen-bond acceptors (Lipinski definition) is 4. The molecule has 0 heterocycles. The summed E-state index contributed by atoms with van der Waals surface area (Å²) in [6, 6.07) is 15.2. The van der Waals surface area contributed by atoms with Gasteiger partial charge >= 0.3 is 5.97 Å². The molecule has 1 atom stereocenters. The first-order valence-corrected chi connectivity index (χ1v) is 7.93. The molecular weight excluding hydrogens is 344 g/mol. The Morgan fingerprint density at radius 1 is 1.04 bits per heavy atom. The molecule has 0 fully saturated rings. The van der Waals surface area contributed by atoms with E-state index in [0.717, 1.165) is 0 Å². The molecule has 1 unspecified atom stereocenters. The number of benzene rings is 2. The number of carbonyl (C=O) groups excluding carboxylic acids is 3. The SMILES string of the molecule is CC(OC(=O)CNC(=O)c1ccccc1)C(=O)Nc1ccccc1Cl. The van der Waals surface area contributed by atoms with Crippen LogP contribution in [0.15, 0.2) is 54.6 Å². The standard InChI is InChI=1S/C18H17ClN2O4/c1-12(17(23)21-15-10-6-5-9-14(15)19)25-16(22)11-20-18(24)13-7-3-2-4-8-13/h2-10,12H,11H2,1H3,(H,20,24)(H,21,23). The molecule has 2 N–H and O–H groups in total. The van der Waals surface area contributed by atoms with E-state index in [-0.39, 0.29) is 6.54 Å². The Morgan fingerprint density at radius 3 is 2.36 bits per heavy atom. The zero-order valence-electron chi connectivity index (χ0n) is 13.5. The molecule has 0 saturated heterocycles. The summed E-state index contributed by atoms with van der Waals surface area (Å²) in [7, 11) is 0. The van der Waals surface area contributed by atoms with Gasteiger partial charge in [-0.25, -0.2) is 0 Å². The minimum absolute atomic E-state index is 0.336. The molecular formula is C18H17ClN2O4. The third-order valence-electron chi connectivity index (χ3n) is 3.24. The fourth-order valence-electron chi connectivity index (χ4n) is 1.93. The monoisotopic (exact) mass is 360 g/mol. The van der Waals surface area contributed by atoms with Crippen molar-refractivity contribution in [1.82, 2.24) is 5.32 Å². The number of para-hydroxylation sites is 1. The van der Waals surface area contributed by atoms with Crippen molar-refractivity contribution in [3.63, 3.8) is 0 Å². The van der Waals surface area contributed by atoms with Crippen LogP contribution in [-0.4, -0.2) is 30.4 Å². The van der Waals surface area contributed by atoms with Gasteiger partial charge < -0.3 is 15.4 Å². The largest absolute Gasteiger partial charge is 0.451 e. The van der Waals surface area contributed by atoms with Crippen molar-refractivity contribution >= 4 is 35.1 Å². The first kappa shape index (κ1) is 18.5. The molecule has 2 aromatic carbocycles. The lowest BCUT2D eigenvalue weighted by molar-refractivity contribution is -0.152. The van der Waals surface area contributed by atoms with Crippen LogP contribution in [0.25, 0.3) is 0 Å². The first-order chi connectivity index (χ1) is 12.0. The van der Waals surface area contributed by atoms with Crippen molar-refractivity contribution in [2.45, 2.75) is 13.0 Å². The second-order valence-electron chi connectivity index (χ2n) is 5.15. The van der Waals surface area contributed by atoms with Gasteiger partial charge in [-0.3, -0.25) is 14.4 Å². The van der Waals surface area contributed by atoms with E-state index in [1.54, 1.807) is 54.6 Å². The van der Waals surface area contributed by atoms with Crippen LogP contribution in [-0.2, 0) is 14.3 Å². The van der Waals surface area contributed by atoms with E-state index in [9.17, 15) is 14.4 Å². The van der Waals surface area contributed by atoms with Crippen molar-refractivity contribution in [1.29, 1.82) is 0 Å². The molecule has 0 aliphatic carbocycles. The van der Waals surface area contributed by atoms with Gasteiger partial charge in [0, 0.05) is 5.56 Å². The number of amides is 2. The summed E-state index contributed by atoms with van der Waals surface area (Å²) in [4.78, 5) is 35.6. The molecule has 25 heavy (non-hydrogen) atoms. The van der Waals surface area contributed by atoms with Gasteiger partial charge in [-0.1, -0.05) is 41.9 Å². The van der Waals surface area contributed by atoms with E-state index in [1.807, 2.05) is 0 Å². The van der Waals surface area contributed by atoms with Gasteiger partial charge in [0.1, 0.15) is 6.54 Å². The summed E-state index contributed by atoms with van der Waals surface area (Å²) in [6.07, 6.45) is -1.03. The number of halogens is 1. The van der Waals surface area contributed by atoms with Crippen LogP contribution in [0.2, 0.25) is 5.02 Å². The molecule has 2 amide bonds. The quantitative estimate of drug-likeness (QED) is 0.775. The fourth-order valence-corrected chi connectivity index (χ4v) is 2.12. The number of hydrogen-bond donors (Lipinski definition) is 2. The topological polar surface area (TPSA) is 84.5 Å². The Labute approximate surface area is 150 Å². The maximum absolute atomic E-state index is 12.0. The smallest absolute Gasteiger partial charge is 0.326 e. The van der Waals surface area contributed by atoms with Crippen LogP contribution in [0.1, 0.15) is 17.3 Å². The molecule has 0 spiro atoms. The third-order valence-corrected chi connectivity index (χ3v) is 3.57. The molecule has 0 aliphatic rings. The maximum Gasteiger partial charge on any atom is 0.326 e. The average Bonchev–Trinajstić information content (AvgIpc) is 2.62. The molecule has 2 rings (SSSR count). The molecule has 0 radical (unpaired) electrons. The Kier molecular flexibility index (Phi) is 6.54. The van der Waals surface area contributed by atoms with Crippen LogP contribution >= 0.6 is 11.6 Å². The van der Waals surface area contributed by atoms with E-state index in [2.05, 4.69) is 10.6 Å². The predicted octanol–water partition coefficient (Wildman–Crippen LogP) is 2.64. The number of anilines is 1. The van der Waals surface area contributed by atoms with Gasteiger partial charge in [0.15, 0.2) is 6.10 Å². The van der Waals surface area contributed by atoms with E-state index in [0.29, 0.717) is 16.3 Å². The Balaban J connectivity index is 1.80. The number of ether oxygens (including phenoxy) is 1. The molecule has 0 bridgehead atoms. The van der Waals surface area contributed by atoms with Crippen molar-refractivity contribution in [3.05, 3.63) is 65.2 Å². The predicted molar refractivity (Wildman–Crippen MR) is 94.4 cm³/mol. The molecule has 7 heteroatoms. The van der Waals surface area contributed by atoms with E-state index < -0.39 is 23.9 Å².